The van der Waals surface area contributed by atoms with Crippen LogP contribution < -0.4 is 5.32 Å². The molecule has 0 unspecified atom stereocenters. The summed E-state index contributed by atoms with van der Waals surface area (Å²) in [5.41, 5.74) is -1.12. The number of carbonyl (C=O) groups is 8. The molecule has 0 atom stereocenters. The van der Waals surface area contributed by atoms with Gasteiger partial charge in [-0.25, -0.2) is 0 Å². The van der Waals surface area contributed by atoms with Crippen LogP contribution >= 0.6 is 0 Å². The molecule has 0 radical (unpaired) electrons. The maximum Gasteiger partial charge on any atom is 0.322 e. The zero-order valence-corrected chi connectivity index (χ0v) is 25.1. The molecule has 0 rings (SSSR count). The van der Waals surface area contributed by atoms with Gasteiger partial charge in [0.15, 0.2) is 0 Å². The molecule has 17 heteroatoms. The highest BCUT2D eigenvalue weighted by Gasteiger charge is 2.33. The topological polar surface area (TPSA) is 266 Å². The van der Waals surface area contributed by atoms with E-state index in [1.165, 1.54) is 0 Å². The summed E-state index contributed by atoms with van der Waals surface area (Å²) < 4.78 is 22.7. The number of amides is 1. The number of carboxylic acids is 4. The predicted molar refractivity (Wildman–Crippen MR) is 150 cm³/mol. The van der Waals surface area contributed by atoms with Gasteiger partial charge in [0, 0.05) is 44.9 Å². The fourth-order valence-electron chi connectivity index (χ4n) is 3.50. The second-order valence-electron chi connectivity index (χ2n) is 10.2. The SMILES string of the molecule is O=C(O)CCC(=O)CCOCC(COCCC(=O)CCC(=O)O)(COCCC(=O)CCC(=O)O)COCCC(=O)NCC(=O)O. The van der Waals surface area contributed by atoms with Crippen LogP contribution in [0.2, 0.25) is 0 Å². The van der Waals surface area contributed by atoms with Crippen LogP contribution in [0.15, 0.2) is 0 Å². The zero-order chi connectivity index (χ0) is 34.1. The van der Waals surface area contributed by atoms with Crippen molar-refractivity contribution in [3.63, 3.8) is 0 Å². The van der Waals surface area contributed by atoms with Crippen LogP contribution in [-0.4, -0.2) is 127 Å². The normalized spacial score (nSPS) is 11.1. The minimum absolute atomic E-state index is 0.0775. The number of ether oxygens (including phenoxy) is 4. The maximum absolute atomic E-state index is 12.0. The Kier molecular flexibility index (Phi) is 22.4. The first-order chi connectivity index (χ1) is 21.2. The molecule has 0 saturated heterocycles. The number of ketones is 3. The van der Waals surface area contributed by atoms with E-state index in [-0.39, 0.29) is 134 Å². The molecule has 0 fully saturated rings. The van der Waals surface area contributed by atoms with Gasteiger partial charge in [-0.05, 0) is 0 Å². The Labute approximate surface area is 259 Å². The lowest BCUT2D eigenvalue weighted by atomic mass is 9.92. The molecule has 256 valence electrons. The Bertz CT molecular complexity index is 838. The number of hydrogen-bond acceptors (Lipinski definition) is 12. The first-order valence-corrected chi connectivity index (χ1v) is 14.2. The highest BCUT2D eigenvalue weighted by Crippen LogP contribution is 2.22. The minimum atomic E-state index is -1.22. The van der Waals surface area contributed by atoms with E-state index in [2.05, 4.69) is 5.32 Å². The highest BCUT2D eigenvalue weighted by molar-refractivity contribution is 5.83. The molecule has 0 aromatic heterocycles. The van der Waals surface area contributed by atoms with Crippen LogP contribution in [0, 0.1) is 5.41 Å². The van der Waals surface area contributed by atoms with E-state index in [1.54, 1.807) is 0 Å². The Hall–Kier alpha value is -3.80. The van der Waals surface area contributed by atoms with Gasteiger partial charge in [0.2, 0.25) is 5.91 Å². The van der Waals surface area contributed by atoms with E-state index in [4.69, 9.17) is 39.4 Å². The number of carbonyl (C=O) groups excluding carboxylic acids is 4. The van der Waals surface area contributed by atoms with E-state index < -0.39 is 41.7 Å². The molecule has 0 heterocycles. The third kappa shape index (κ3) is 25.2. The molecule has 0 aliphatic heterocycles. The largest absolute Gasteiger partial charge is 0.481 e. The number of hydrogen-bond donors (Lipinski definition) is 5. The van der Waals surface area contributed by atoms with Crippen LogP contribution in [0.4, 0.5) is 0 Å². The highest BCUT2D eigenvalue weighted by atomic mass is 16.5. The van der Waals surface area contributed by atoms with Crippen molar-refractivity contribution in [3.05, 3.63) is 0 Å². The van der Waals surface area contributed by atoms with E-state index in [0.29, 0.717) is 0 Å². The standard InChI is InChI=1S/C28H43NO16/c30-20(1-4-24(34)35)7-11-42-16-28(17-43-12-8-21(31)2-5-25(36)37,18-44-13-9-22(32)3-6-26(38)39)19-45-14-10-23(33)29-15-27(40)41/h1-19H2,(H,29,33)(H,34,35)(H,36,37)(H,38,39)(H,40,41). The third-order valence-electron chi connectivity index (χ3n) is 5.97. The van der Waals surface area contributed by atoms with Gasteiger partial charge in [-0.1, -0.05) is 0 Å². The third-order valence-corrected chi connectivity index (χ3v) is 5.97. The molecule has 0 aliphatic rings. The number of nitrogens with one attached hydrogen (secondary N) is 1. The molecule has 17 nitrogen and oxygen atoms in total. The summed E-state index contributed by atoms with van der Waals surface area (Å²) in [6.45, 7) is -1.51. The molecule has 5 N–H and O–H groups in total. The fourth-order valence-corrected chi connectivity index (χ4v) is 3.50. The van der Waals surface area contributed by atoms with E-state index in [0.717, 1.165) is 0 Å². The number of aliphatic carboxylic acids is 4. The quantitative estimate of drug-likeness (QED) is 0.0623. The van der Waals surface area contributed by atoms with Gasteiger partial charge in [0.1, 0.15) is 23.9 Å². The van der Waals surface area contributed by atoms with Crippen LogP contribution in [0.3, 0.4) is 0 Å². The van der Waals surface area contributed by atoms with Crippen molar-refractivity contribution >= 4 is 47.1 Å². The Morgan fingerprint density at radius 2 is 0.733 bits per heavy atom. The van der Waals surface area contributed by atoms with Crippen LogP contribution in [-0.2, 0) is 57.3 Å². The average Bonchev–Trinajstić information content (AvgIpc) is 2.97. The first-order valence-electron chi connectivity index (χ1n) is 14.2. The molecule has 45 heavy (non-hydrogen) atoms. The average molecular weight is 650 g/mol. The van der Waals surface area contributed by atoms with Crippen molar-refractivity contribution in [2.45, 2.75) is 64.2 Å². The Morgan fingerprint density at radius 1 is 0.422 bits per heavy atom. The van der Waals surface area contributed by atoms with Gasteiger partial charge in [0.05, 0.1) is 77.5 Å². The van der Waals surface area contributed by atoms with Crippen molar-refractivity contribution in [1.29, 1.82) is 0 Å². The van der Waals surface area contributed by atoms with E-state index >= 15 is 0 Å². The van der Waals surface area contributed by atoms with Crippen molar-refractivity contribution in [2.24, 2.45) is 5.41 Å². The van der Waals surface area contributed by atoms with Crippen LogP contribution in [0.25, 0.3) is 0 Å². The molecule has 0 saturated carbocycles. The van der Waals surface area contributed by atoms with Crippen molar-refractivity contribution < 1.29 is 77.7 Å². The monoisotopic (exact) mass is 649 g/mol. The van der Waals surface area contributed by atoms with E-state index in [1.807, 2.05) is 0 Å². The molecular formula is C28H43NO16. The van der Waals surface area contributed by atoms with Crippen LogP contribution in [0.1, 0.15) is 64.2 Å². The van der Waals surface area contributed by atoms with E-state index in [9.17, 15) is 38.4 Å². The van der Waals surface area contributed by atoms with Crippen LogP contribution in [0.5, 0.6) is 0 Å². The van der Waals surface area contributed by atoms with Gasteiger partial charge < -0.3 is 44.7 Å². The van der Waals surface area contributed by atoms with Gasteiger partial charge >= 0.3 is 23.9 Å². The molecular weight excluding hydrogens is 606 g/mol. The lowest BCUT2D eigenvalue weighted by Gasteiger charge is -2.33. The zero-order valence-electron chi connectivity index (χ0n) is 25.1. The Morgan fingerprint density at radius 3 is 1.02 bits per heavy atom. The predicted octanol–water partition coefficient (Wildman–Crippen LogP) is 0.102. The van der Waals surface area contributed by atoms with Crippen molar-refractivity contribution in [2.75, 3.05) is 59.4 Å². The minimum Gasteiger partial charge on any atom is -0.481 e. The molecule has 0 bridgehead atoms. The molecule has 0 aromatic rings. The van der Waals surface area contributed by atoms with Crippen molar-refractivity contribution in [1.82, 2.24) is 5.32 Å². The summed E-state index contributed by atoms with van der Waals surface area (Å²) in [4.78, 5) is 90.4. The summed E-state index contributed by atoms with van der Waals surface area (Å²) in [6, 6.07) is 0. The van der Waals surface area contributed by atoms with Gasteiger partial charge in [-0.15, -0.1) is 0 Å². The summed E-state index contributed by atoms with van der Waals surface area (Å²) in [7, 11) is 0. The summed E-state index contributed by atoms with van der Waals surface area (Å²) >= 11 is 0. The molecule has 0 aromatic carbocycles. The van der Waals surface area contributed by atoms with Crippen molar-refractivity contribution in [3.8, 4) is 0 Å². The number of rotatable bonds is 31. The second kappa shape index (κ2) is 24.5. The molecule has 0 aliphatic carbocycles. The molecule has 1 amide bonds. The second-order valence-corrected chi connectivity index (χ2v) is 10.2. The first kappa shape index (κ1) is 41.2. The lowest BCUT2D eigenvalue weighted by molar-refractivity contribution is -0.139. The maximum atomic E-state index is 12.0. The number of Topliss-reactive ketones (excluding diaryl/α,β-unsaturated/α-hetero) is 3. The fraction of sp³-hybridized carbons (Fsp3) is 0.714. The lowest BCUT2D eigenvalue weighted by Crippen LogP contribution is -2.42. The number of carboxylic acid groups (broad SMARTS) is 4. The Balaban J connectivity index is 5.41. The summed E-state index contributed by atoms with van der Waals surface area (Å²) in [6.07, 6.45) is -1.90. The summed E-state index contributed by atoms with van der Waals surface area (Å²) in [5, 5.41) is 37.1. The smallest absolute Gasteiger partial charge is 0.322 e. The molecule has 0 spiro atoms. The summed E-state index contributed by atoms with van der Waals surface area (Å²) in [5.74, 6) is -6.15. The van der Waals surface area contributed by atoms with Gasteiger partial charge in [-0.2, -0.15) is 0 Å². The van der Waals surface area contributed by atoms with Gasteiger partial charge in [-0.3, -0.25) is 38.4 Å². The van der Waals surface area contributed by atoms with Gasteiger partial charge in [0.25, 0.3) is 0 Å².